The van der Waals surface area contributed by atoms with Crippen LogP contribution in [0.4, 0.5) is 5.69 Å². The fraction of sp³-hybridized carbons (Fsp3) is 0.333. The van der Waals surface area contributed by atoms with Gasteiger partial charge in [-0.25, -0.2) is 13.3 Å². The summed E-state index contributed by atoms with van der Waals surface area (Å²) in [6.45, 7) is 3.86. The highest BCUT2D eigenvalue weighted by Crippen LogP contribution is 2.32. The van der Waals surface area contributed by atoms with Crippen LogP contribution in [0.5, 0.6) is 0 Å². The second-order valence-electron chi connectivity index (χ2n) is 7.45. The molecule has 2 amide bonds. The Hall–Kier alpha value is -2.51. The maximum Gasteiger partial charge on any atom is 0.266 e. The first kappa shape index (κ1) is 18.8. The first-order valence-electron chi connectivity index (χ1n) is 9.44. The highest BCUT2D eigenvalue weighted by atomic mass is 32.2. The van der Waals surface area contributed by atoms with Gasteiger partial charge in [0.2, 0.25) is 10.0 Å². The summed E-state index contributed by atoms with van der Waals surface area (Å²) < 4.78 is 27.8. The molecule has 2 atom stereocenters. The Morgan fingerprint density at radius 3 is 1.82 bits per heavy atom. The van der Waals surface area contributed by atoms with E-state index in [0.29, 0.717) is 16.8 Å². The number of sulfonamides is 1. The van der Waals surface area contributed by atoms with Crippen molar-refractivity contribution in [3.8, 4) is 0 Å². The zero-order valence-electron chi connectivity index (χ0n) is 15.8. The molecule has 2 aromatic carbocycles. The number of hydrogen-bond acceptors (Lipinski definition) is 4. The molecule has 28 heavy (non-hydrogen) atoms. The Bertz CT molecular complexity index is 1000. The Kier molecular flexibility index (Phi) is 4.59. The van der Waals surface area contributed by atoms with Gasteiger partial charge in [0.05, 0.1) is 21.7 Å². The van der Waals surface area contributed by atoms with Crippen molar-refractivity contribution in [2.24, 2.45) is 0 Å². The van der Waals surface area contributed by atoms with Gasteiger partial charge in [-0.1, -0.05) is 18.6 Å². The molecule has 7 heteroatoms. The number of anilines is 1. The van der Waals surface area contributed by atoms with Gasteiger partial charge < -0.3 is 0 Å². The summed E-state index contributed by atoms with van der Waals surface area (Å²) in [4.78, 5) is 26.5. The number of piperidine rings is 1. The van der Waals surface area contributed by atoms with E-state index in [2.05, 4.69) is 0 Å². The predicted octanol–water partition coefficient (Wildman–Crippen LogP) is 3.44. The molecule has 2 aliphatic rings. The molecule has 6 nitrogen and oxygen atoms in total. The normalized spacial score (nSPS) is 23.1. The summed E-state index contributed by atoms with van der Waals surface area (Å²) in [5, 5.41) is 0. The van der Waals surface area contributed by atoms with Crippen molar-refractivity contribution in [3.05, 3.63) is 59.7 Å². The van der Waals surface area contributed by atoms with Gasteiger partial charge in [0, 0.05) is 12.1 Å². The van der Waals surface area contributed by atoms with Crippen LogP contribution < -0.4 is 4.90 Å². The van der Waals surface area contributed by atoms with Crippen molar-refractivity contribution in [1.29, 1.82) is 0 Å². The summed E-state index contributed by atoms with van der Waals surface area (Å²) in [7, 11) is -3.64. The van der Waals surface area contributed by atoms with E-state index < -0.39 is 21.8 Å². The minimum Gasteiger partial charge on any atom is -0.268 e. The Balaban J connectivity index is 1.65. The predicted molar refractivity (Wildman–Crippen MR) is 106 cm³/mol. The standard InChI is InChI=1S/C21H22N2O4S/c1-14-6-5-7-15(2)23(14)28(26,27)17-12-10-16(11-13-17)22-20(24)18-8-3-4-9-19(18)21(22)25/h3-4,8-15H,5-7H2,1-2H3/t14-,15-/m1/s1. The third-order valence-electron chi connectivity index (χ3n) is 5.58. The van der Waals surface area contributed by atoms with E-state index in [9.17, 15) is 18.0 Å². The van der Waals surface area contributed by atoms with Crippen molar-refractivity contribution in [2.45, 2.75) is 50.1 Å². The minimum atomic E-state index is -3.64. The molecule has 0 N–H and O–H groups in total. The van der Waals surface area contributed by atoms with E-state index in [1.165, 1.54) is 24.3 Å². The number of rotatable bonds is 3. The van der Waals surface area contributed by atoms with Gasteiger partial charge in [0.15, 0.2) is 0 Å². The highest BCUT2D eigenvalue weighted by molar-refractivity contribution is 7.89. The highest BCUT2D eigenvalue weighted by Gasteiger charge is 2.38. The second kappa shape index (κ2) is 6.83. The molecular formula is C21H22N2O4S. The molecule has 0 unspecified atom stereocenters. The van der Waals surface area contributed by atoms with E-state index in [0.717, 1.165) is 24.2 Å². The number of benzene rings is 2. The number of amides is 2. The third-order valence-corrected chi connectivity index (χ3v) is 7.72. The van der Waals surface area contributed by atoms with E-state index >= 15 is 0 Å². The smallest absolute Gasteiger partial charge is 0.266 e. The van der Waals surface area contributed by atoms with Gasteiger partial charge in [-0.05, 0) is 63.1 Å². The Morgan fingerprint density at radius 2 is 1.32 bits per heavy atom. The molecule has 0 saturated carbocycles. The zero-order valence-corrected chi connectivity index (χ0v) is 16.6. The number of imide groups is 1. The molecule has 0 spiro atoms. The quantitative estimate of drug-likeness (QED) is 0.743. The van der Waals surface area contributed by atoms with Crippen LogP contribution >= 0.6 is 0 Å². The van der Waals surface area contributed by atoms with Crippen LogP contribution in [0.15, 0.2) is 53.4 Å². The van der Waals surface area contributed by atoms with Crippen molar-refractivity contribution in [3.63, 3.8) is 0 Å². The molecular weight excluding hydrogens is 376 g/mol. The topological polar surface area (TPSA) is 74.8 Å². The van der Waals surface area contributed by atoms with Gasteiger partial charge in [-0.3, -0.25) is 9.59 Å². The van der Waals surface area contributed by atoms with Crippen molar-refractivity contribution >= 4 is 27.5 Å². The summed E-state index contributed by atoms with van der Waals surface area (Å²) >= 11 is 0. The van der Waals surface area contributed by atoms with Crippen molar-refractivity contribution in [2.75, 3.05) is 4.90 Å². The lowest BCUT2D eigenvalue weighted by Crippen LogP contribution is -2.47. The van der Waals surface area contributed by atoms with Gasteiger partial charge in [-0.2, -0.15) is 4.31 Å². The molecule has 2 aromatic rings. The van der Waals surface area contributed by atoms with Crippen LogP contribution in [0.2, 0.25) is 0 Å². The maximum atomic E-state index is 13.1. The van der Waals surface area contributed by atoms with E-state index in [-0.39, 0.29) is 17.0 Å². The molecule has 4 rings (SSSR count). The average molecular weight is 398 g/mol. The number of carbonyl (C=O) groups excluding carboxylic acids is 2. The summed E-state index contributed by atoms with van der Waals surface area (Å²) in [6, 6.07) is 12.6. The largest absolute Gasteiger partial charge is 0.268 e. The van der Waals surface area contributed by atoms with Crippen LogP contribution in [0.25, 0.3) is 0 Å². The van der Waals surface area contributed by atoms with Crippen LogP contribution in [0, 0.1) is 0 Å². The van der Waals surface area contributed by atoms with Gasteiger partial charge in [-0.15, -0.1) is 0 Å². The van der Waals surface area contributed by atoms with Crippen molar-refractivity contribution in [1.82, 2.24) is 4.31 Å². The lowest BCUT2D eigenvalue weighted by Gasteiger charge is -2.37. The first-order chi connectivity index (χ1) is 13.3. The molecule has 146 valence electrons. The fourth-order valence-electron chi connectivity index (χ4n) is 4.18. The van der Waals surface area contributed by atoms with Crippen LogP contribution in [0.3, 0.4) is 0 Å². The maximum absolute atomic E-state index is 13.1. The lowest BCUT2D eigenvalue weighted by atomic mass is 10.0. The van der Waals surface area contributed by atoms with Gasteiger partial charge in [0.1, 0.15) is 0 Å². The molecule has 2 heterocycles. The molecule has 0 bridgehead atoms. The number of carbonyl (C=O) groups is 2. The first-order valence-corrected chi connectivity index (χ1v) is 10.9. The SMILES string of the molecule is C[C@@H]1CCC[C@@H](C)N1S(=O)(=O)c1ccc(N2C(=O)c3ccccc3C2=O)cc1. The molecule has 1 saturated heterocycles. The number of hydrogen-bond donors (Lipinski definition) is 0. The number of fused-ring (bicyclic) bond motifs is 1. The summed E-state index contributed by atoms with van der Waals surface area (Å²) in [5.74, 6) is -0.788. The molecule has 0 aromatic heterocycles. The monoisotopic (exact) mass is 398 g/mol. The minimum absolute atomic E-state index is 0.0512. The molecule has 2 aliphatic heterocycles. The van der Waals surface area contributed by atoms with Crippen LogP contribution in [-0.4, -0.2) is 36.6 Å². The molecule has 1 fully saturated rings. The van der Waals surface area contributed by atoms with Crippen molar-refractivity contribution < 1.29 is 18.0 Å². The van der Waals surface area contributed by atoms with E-state index in [4.69, 9.17) is 0 Å². The van der Waals surface area contributed by atoms with E-state index in [1.807, 2.05) is 13.8 Å². The second-order valence-corrected chi connectivity index (χ2v) is 9.29. The Labute approximate surface area is 164 Å². The zero-order chi connectivity index (χ0) is 20.1. The molecule has 0 radical (unpaired) electrons. The van der Waals surface area contributed by atoms with Crippen LogP contribution in [0.1, 0.15) is 53.8 Å². The van der Waals surface area contributed by atoms with E-state index in [1.54, 1.807) is 28.6 Å². The number of nitrogens with zero attached hydrogens (tertiary/aromatic N) is 2. The summed E-state index contributed by atoms with van der Waals surface area (Å²) in [5.41, 5.74) is 1.09. The fourth-order valence-corrected chi connectivity index (χ4v) is 6.07. The molecule has 0 aliphatic carbocycles. The third kappa shape index (κ3) is 2.86. The van der Waals surface area contributed by atoms with Gasteiger partial charge >= 0.3 is 0 Å². The van der Waals surface area contributed by atoms with Crippen LogP contribution in [-0.2, 0) is 10.0 Å². The lowest BCUT2D eigenvalue weighted by molar-refractivity contribution is 0.0926. The summed E-state index contributed by atoms with van der Waals surface area (Å²) in [6.07, 6.45) is 2.71. The average Bonchev–Trinajstić information content (AvgIpc) is 2.93. The Morgan fingerprint density at radius 1 is 0.821 bits per heavy atom. The van der Waals surface area contributed by atoms with Gasteiger partial charge in [0.25, 0.3) is 11.8 Å².